The van der Waals surface area contributed by atoms with Crippen LogP contribution in [0.15, 0.2) is 43.0 Å². The molecule has 1 aliphatic rings. The molecule has 1 fully saturated rings. The zero-order valence-corrected chi connectivity index (χ0v) is 21.4. The van der Waals surface area contributed by atoms with E-state index in [1.165, 1.54) is 12.4 Å². The molecular formula is C24H26Cl2N8O2. The lowest BCUT2D eigenvalue weighted by atomic mass is 10.1. The van der Waals surface area contributed by atoms with E-state index in [-0.39, 0.29) is 12.1 Å². The number of aromatic nitrogens is 5. The van der Waals surface area contributed by atoms with Gasteiger partial charge in [-0.15, -0.1) is 0 Å². The van der Waals surface area contributed by atoms with Gasteiger partial charge in [0.2, 0.25) is 0 Å². The molecule has 4 heterocycles. The summed E-state index contributed by atoms with van der Waals surface area (Å²) in [6, 6.07) is 5.83. The molecule has 1 aliphatic heterocycles. The third-order valence-corrected chi connectivity index (χ3v) is 6.94. The Labute approximate surface area is 217 Å². The molecule has 1 aromatic carbocycles. The fraction of sp³-hybridized carbons (Fsp3) is 0.333. The normalized spacial score (nSPS) is 15.3. The monoisotopic (exact) mass is 528 g/mol. The number of fused-ring (bicyclic) bond motifs is 1. The molecule has 0 radical (unpaired) electrons. The zero-order chi connectivity index (χ0) is 25.4. The second kappa shape index (κ2) is 9.96. The number of ether oxygens (including phenoxy) is 1. The van der Waals surface area contributed by atoms with Crippen molar-refractivity contribution in [2.45, 2.75) is 25.1 Å². The molecule has 188 valence electrons. The maximum atomic E-state index is 12.2. The molecule has 12 heteroatoms. The summed E-state index contributed by atoms with van der Waals surface area (Å²) in [5.74, 6) is 0.548. The Bertz CT molecular complexity index is 1370. The number of hydrogen-bond acceptors (Lipinski definition) is 6. The number of H-pyrrole nitrogens is 1. The predicted molar refractivity (Wildman–Crippen MR) is 138 cm³/mol. The van der Waals surface area contributed by atoms with Crippen molar-refractivity contribution in [2.24, 2.45) is 5.73 Å². The molecule has 3 aromatic heterocycles. The first-order valence-electron chi connectivity index (χ1n) is 11.5. The van der Waals surface area contributed by atoms with E-state index in [0.717, 1.165) is 35.0 Å². The van der Waals surface area contributed by atoms with E-state index < -0.39 is 6.23 Å². The molecular weight excluding hydrogens is 503 g/mol. The van der Waals surface area contributed by atoms with Crippen molar-refractivity contribution in [3.8, 4) is 17.0 Å². The van der Waals surface area contributed by atoms with Crippen LogP contribution in [0.1, 0.15) is 30.7 Å². The lowest BCUT2D eigenvalue weighted by molar-refractivity contribution is 0.146. The van der Waals surface area contributed by atoms with Gasteiger partial charge in [0.25, 0.3) is 0 Å². The summed E-state index contributed by atoms with van der Waals surface area (Å²) < 4.78 is 7.93. The number of hydrogen-bond donors (Lipinski definition) is 2. The maximum absolute atomic E-state index is 12.2. The highest BCUT2D eigenvalue weighted by molar-refractivity contribution is 6.35. The summed E-state index contributed by atoms with van der Waals surface area (Å²) in [6.07, 6.45) is 7.59. The first-order chi connectivity index (χ1) is 17.3. The Hall–Kier alpha value is -3.34. The van der Waals surface area contributed by atoms with Crippen molar-refractivity contribution in [3.05, 3.63) is 58.6 Å². The lowest BCUT2D eigenvalue weighted by Crippen LogP contribution is -2.44. The van der Waals surface area contributed by atoms with E-state index in [1.807, 2.05) is 34.1 Å². The molecule has 2 amide bonds. The molecule has 0 unspecified atom stereocenters. The predicted octanol–water partition coefficient (Wildman–Crippen LogP) is 4.48. The smallest absolute Gasteiger partial charge is 0.319 e. The minimum Gasteiger partial charge on any atom is -0.471 e. The average molecular weight is 529 g/mol. The Morgan fingerprint density at radius 2 is 1.92 bits per heavy atom. The number of pyridine rings is 1. The average Bonchev–Trinajstić information content (AvgIpc) is 3.50. The van der Waals surface area contributed by atoms with Crippen LogP contribution in [0, 0.1) is 0 Å². The zero-order valence-electron chi connectivity index (χ0n) is 19.9. The Kier molecular flexibility index (Phi) is 6.74. The number of amides is 2. The summed E-state index contributed by atoms with van der Waals surface area (Å²) in [7, 11) is 3.55. The number of rotatable bonds is 5. The first-order valence-corrected chi connectivity index (χ1v) is 12.3. The van der Waals surface area contributed by atoms with Crippen molar-refractivity contribution in [1.82, 2.24) is 34.8 Å². The van der Waals surface area contributed by atoms with E-state index in [1.54, 1.807) is 25.1 Å². The number of benzene rings is 1. The highest BCUT2D eigenvalue weighted by Gasteiger charge is 2.25. The van der Waals surface area contributed by atoms with Gasteiger partial charge in [-0.3, -0.25) is 20.5 Å². The second-order valence-corrected chi connectivity index (χ2v) is 9.75. The van der Waals surface area contributed by atoms with Gasteiger partial charge in [-0.2, -0.15) is 10.2 Å². The van der Waals surface area contributed by atoms with E-state index in [2.05, 4.69) is 20.3 Å². The molecule has 3 N–H and O–H groups in total. The number of aromatic amines is 1. The molecule has 1 saturated heterocycles. The van der Waals surface area contributed by atoms with Crippen molar-refractivity contribution in [1.29, 1.82) is 0 Å². The van der Waals surface area contributed by atoms with Gasteiger partial charge >= 0.3 is 6.03 Å². The molecule has 5 rings (SSSR count). The van der Waals surface area contributed by atoms with Crippen LogP contribution >= 0.6 is 23.2 Å². The highest BCUT2D eigenvalue weighted by Crippen LogP contribution is 2.34. The number of piperidine rings is 1. The number of halogens is 2. The Balaban J connectivity index is 1.34. The number of urea groups is 1. The molecule has 0 aliphatic carbocycles. The van der Waals surface area contributed by atoms with Crippen molar-refractivity contribution in [3.63, 3.8) is 0 Å². The number of nitrogens with two attached hydrogens (primary N) is 1. The van der Waals surface area contributed by atoms with Crippen LogP contribution in [0.3, 0.4) is 0 Å². The second-order valence-electron chi connectivity index (χ2n) is 8.94. The van der Waals surface area contributed by atoms with Crippen LogP contribution in [0.5, 0.6) is 5.75 Å². The minimum atomic E-state index is -0.867. The van der Waals surface area contributed by atoms with Gasteiger partial charge < -0.3 is 14.5 Å². The fourth-order valence-corrected chi connectivity index (χ4v) is 5.03. The summed E-state index contributed by atoms with van der Waals surface area (Å²) in [6.45, 7) is 1.41. The van der Waals surface area contributed by atoms with Crippen LogP contribution in [-0.4, -0.2) is 68.0 Å². The van der Waals surface area contributed by atoms with Crippen LogP contribution in [0.4, 0.5) is 4.79 Å². The largest absolute Gasteiger partial charge is 0.471 e. The highest BCUT2D eigenvalue weighted by atomic mass is 35.5. The van der Waals surface area contributed by atoms with Crippen LogP contribution in [0.2, 0.25) is 10.0 Å². The molecule has 10 nitrogen and oxygen atoms in total. The SMILES string of the molecule is CN(C)C(=O)N1CCC(n2cc(-c3n[nH]c4ccc(O[C@H](N)c5c(Cl)cncc5Cl)cc34)cn2)CC1. The quantitative estimate of drug-likeness (QED) is 0.368. The van der Waals surface area contributed by atoms with Crippen molar-refractivity contribution >= 4 is 40.1 Å². The van der Waals surface area contributed by atoms with Gasteiger partial charge in [0.05, 0.1) is 27.8 Å². The number of nitrogens with zero attached hydrogens (tertiary/aromatic N) is 6. The fourth-order valence-electron chi connectivity index (χ4n) is 4.45. The lowest BCUT2D eigenvalue weighted by Gasteiger charge is -2.33. The van der Waals surface area contributed by atoms with E-state index in [0.29, 0.717) is 34.4 Å². The van der Waals surface area contributed by atoms with Crippen LogP contribution < -0.4 is 10.5 Å². The van der Waals surface area contributed by atoms with Gasteiger partial charge in [-0.1, -0.05) is 23.2 Å². The van der Waals surface area contributed by atoms with Gasteiger partial charge in [0.15, 0.2) is 6.23 Å². The molecule has 0 saturated carbocycles. The van der Waals surface area contributed by atoms with Crippen LogP contribution in [0.25, 0.3) is 22.2 Å². The summed E-state index contributed by atoms with van der Waals surface area (Å²) >= 11 is 12.4. The first kappa shape index (κ1) is 24.4. The molecule has 4 aromatic rings. The van der Waals surface area contributed by atoms with E-state index in [9.17, 15) is 4.79 Å². The molecule has 36 heavy (non-hydrogen) atoms. The topological polar surface area (TPSA) is 118 Å². The van der Waals surface area contributed by atoms with Crippen LogP contribution in [-0.2, 0) is 0 Å². The number of carbonyl (C=O) groups excluding carboxylic acids is 1. The minimum absolute atomic E-state index is 0.0452. The number of likely N-dealkylation sites (tertiary alicyclic amines) is 1. The van der Waals surface area contributed by atoms with Gasteiger partial charge in [0.1, 0.15) is 11.4 Å². The summed E-state index contributed by atoms with van der Waals surface area (Å²) in [4.78, 5) is 19.7. The van der Waals surface area contributed by atoms with Gasteiger partial charge in [-0.05, 0) is 31.0 Å². The third-order valence-electron chi connectivity index (χ3n) is 6.34. The van der Waals surface area contributed by atoms with Crippen molar-refractivity contribution in [2.75, 3.05) is 27.2 Å². The van der Waals surface area contributed by atoms with Gasteiger partial charge in [-0.25, -0.2) is 4.79 Å². The van der Waals surface area contributed by atoms with E-state index >= 15 is 0 Å². The Morgan fingerprint density at radius 1 is 1.19 bits per heavy atom. The van der Waals surface area contributed by atoms with E-state index in [4.69, 9.17) is 33.7 Å². The van der Waals surface area contributed by atoms with Crippen molar-refractivity contribution < 1.29 is 9.53 Å². The molecule has 1 atom stereocenters. The Morgan fingerprint density at radius 3 is 2.61 bits per heavy atom. The molecule has 0 spiro atoms. The summed E-state index contributed by atoms with van der Waals surface area (Å²) in [5.41, 5.74) is 9.22. The van der Waals surface area contributed by atoms with Gasteiger partial charge in [0, 0.05) is 62.3 Å². The third kappa shape index (κ3) is 4.71. The number of carbonyl (C=O) groups is 1. The summed E-state index contributed by atoms with van der Waals surface area (Å²) in [5, 5.41) is 13.7. The maximum Gasteiger partial charge on any atom is 0.319 e. The number of nitrogens with one attached hydrogen (secondary N) is 1. The standard InChI is InChI=1S/C24H26Cl2N8O2/c1-32(2)24(35)33-7-5-15(6-8-33)34-13-14(10-29-34)22-17-9-16(3-4-20(17)30-31-22)36-23(27)21-18(25)11-28-12-19(21)26/h3-4,9-13,15,23H,5-8,27H2,1-2H3,(H,30,31)/t23-/m0/s1. The molecule has 0 bridgehead atoms.